The zero-order valence-corrected chi connectivity index (χ0v) is 10.1. The molecule has 7 heteroatoms. The molecule has 0 aromatic heterocycles. The number of nitrogens with one attached hydrogen (secondary N) is 2. The van der Waals surface area contributed by atoms with Crippen LogP contribution in [0.5, 0.6) is 0 Å². The van der Waals surface area contributed by atoms with Crippen LogP contribution in [0.2, 0.25) is 0 Å². The highest BCUT2D eigenvalue weighted by atomic mass is 16.7. The molecule has 0 atom stereocenters. The van der Waals surface area contributed by atoms with Crippen molar-refractivity contribution in [2.24, 2.45) is 5.84 Å². The minimum Gasteiger partial charge on any atom is -0.356 e. The van der Waals surface area contributed by atoms with Crippen LogP contribution in [-0.2, 0) is 14.4 Å². The first-order valence-corrected chi connectivity index (χ1v) is 5.76. The molecule has 98 valence electrons. The van der Waals surface area contributed by atoms with E-state index in [0.29, 0.717) is 13.0 Å². The second-order valence-corrected chi connectivity index (χ2v) is 4.16. The van der Waals surface area contributed by atoms with Gasteiger partial charge in [0.2, 0.25) is 5.91 Å². The first-order valence-electron chi connectivity index (χ1n) is 5.76. The van der Waals surface area contributed by atoms with Crippen molar-refractivity contribution in [3.05, 3.63) is 0 Å². The summed E-state index contributed by atoms with van der Waals surface area (Å²) in [6.07, 6.45) is 2.16. The number of hydrogen-bond acceptors (Lipinski definition) is 6. The highest BCUT2D eigenvalue weighted by Gasteiger charge is 2.20. The molecule has 1 aliphatic heterocycles. The standard InChI is InChI=1S/C10H20N4O3/c1-8(15)12-9-2-5-14(6-3-9)7-4-10(16)17-13-11/h9,13H,2-7,11H2,1H3,(H,12,15). The highest BCUT2D eigenvalue weighted by molar-refractivity contribution is 5.73. The van der Waals surface area contributed by atoms with E-state index in [-0.39, 0.29) is 17.9 Å². The molecule has 7 nitrogen and oxygen atoms in total. The second-order valence-electron chi connectivity index (χ2n) is 4.16. The van der Waals surface area contributed by atoms with E-state index in [1.165, 1.54) is 6.92 Å². The van der Waals surface area contributed by atoms with E-state index in [0.717, 1.165) is 25.9 Å². The Labute approximate surface area is 101 Å². The minimum atomic E-state index is -0.364. The van der Waals surface area contributed by atoms with Gasteiger partial charge >= 0.3 is 5.97 Å². The smallest absolute Gasteiger partial charge is 0.327 e. The highest BCUT2D eigenvalue weighted by Crippen LogP contribution is 2.10. The topological polar surface area (TPSA) is 96.7 Å². The first kappa shape index (κ1) is 13.9. The van der Waals surface area contributed by atoms with Crippen molar-refractivity contribution in [2.75, 3.05) is 19.6 Å². The molecule has 1 aliphatic rings. The summed E-state index contributed by atoms with van der Waals surface area (Å²) < 4.78 is 0. The predicted molar refractivity (Wildman–Crippen MR) is 61.3 cm³/mol. The van der Waals surface area contributed by atoms with Gasteiger partial charge in [0.1, 0.15) is 0 Å². The lowest BCUT2D eigenvalue weighted by molar-refractivity contribution is -0.151. The Bertz CT molecular complexity index is 264. The summed E-state index contributed by atoms with van der Waals surface area (Å²) in [4.78, 5) is 28.5. The van der Waals surface area contributed by atoms with Gasteiger partial charge in [0, 0.05) is 32.6 Å². The van der Waals surface area contributed by atoms with Crippen molar-refractivity contribution < 1.29 is 14.4 Å². The summed E-state index contributed by atoms with van der Waals surface area (Å²) in [6.45, 7) is 3.96. The van der Waals surface area contributed by atoms with E-state index in [2.05, 4.69) is 15.1 Å². The molecule has 0 aliphatic carbocycles. The molecule has 0 unspecified atom stereocenters. The number of nitrogens with two attached hydrogens (primary N) is 1. The van der Waals surface area contributed by atoms with Crippen molar-refractivity contribution >= 4 is 11.9 Å². The zero-order chi connectivity index (χ0) is 12.7. The van der Waals surface area contributed by atoms with Gasteiger partial charge in [0.05, 0.1) is 6.42 Å². The lowest BCUT2D eigenvalue weighted by Crippen LogP contribution is -2.44. The molecule has 1 rings (SSSR count). The maximum Gasteiger partial charge on any atom is 0.327 e. The first-order chi connectivity index (χ1) is 8.11. The average Bonchev–Trinajstić information content (AvgIpc) is 2.28. The maximum atomic E-state index is 11.0. The molecule has 0 saturated carbocycles. The molecule has 0 aromatic rings. The number of carbonyl (C=O) groups is 2. The third-order valence-corrected chi connectivity index (χ3v) is 2.80. The molecule has 1 saturated heterocycles. The van der Waals surface area contributed by atoms with Crippen molar-refractivity contribution in [1.82, 2.24) is 15.8 Å². The van der Waals surface area contributed by atoms with Gasteiger partial charge < -0.3 is 15.1 Å². The fourth-order valence-corrected chi connectivity index (χ4v) is 1.95. The van der Waals surface area contributed by atoms with Gasteiger partial charge in [-0.1, -0.05) is 5.59 Å². The Hall–Kier alpha value is -1.18. The zero-order valence-electron chi connectivity index (χ0n) is 10.1. The van der Waals surface area contributed by atoms with Crippen molar-refractivity contribution in [3.8, 4) is 0 Å². The average molecular weight is 244 g/mol. The van der Waals surface area contributed by atoms with E-state index in [4.69, 9.17) is 5.84 Å². The van der Waals surface area contributed by atoms with E-state index >= 15 is 0 Å². The van der Waals surface area contributed by atoms with Gasteiger partial charge in [-0.05, 0) is 12.8 Å². The largest absolute Gasteiger partial charge is 0.356 e. The lowest BCUT2D eigenvalue weighted by Gasteiger charge is -2.31. The van der Waals surface area contributed by atoms with Gasteiger partial charge in [0.25, 0.3) is 0 Å². The molecule has 0 bridgehead atoms. The number of carbonyl (C=O) groups excluding carboxylic acids is 2. The van der Waals surface area contributed by atoms with Crippen LogP contribution in [0.4, 0.5) is 0 Å². The number of hydrogen-bond donors (Lipinski definition) is 3. The fourth-order valence-electron chi connectivity index (χ4n) is 1.95. The molecule has 4 N–H and O–H groups in total. The minimum absolute atomic E-state index is 0.0149. The Morgan fingerprint density at radius 3 is 2.59 bits per heavy atom. The van der Waals surface area contributed by atoms with E-state index in [1.54, 1.807) is 0 Å². The van der Waals surface area contributed by atoms with Crippen molar-refractivity contribution in [2.45, 2.75) is 32.2 Å². The van der Waals surface area contributed by atoms with Crippen molar-refractivity contribution in [3.63, 3.8) is 0 Å². The number of likely N-dealkylation sites (tertiary alicyclic amines) is 1. The summed E-state index contributed by atoms with van der Waals surface area (Å²) in [5, 5.41) is 2.90. The Morgan fingerprint density at radius 2 is 2.06 bits per heavy atom. The van der Waals surface area contributed by atoms with E-state index < -0.39 is 0 Å². The third-order valence-electron chi connectivity index (χ3n) is 2.80. The fraction of sp³-hybridized carbons (Fsp3) is 0.800. The maximum absolute atomic E-state index is 11.0. The molecule has 17 heavy (non-hydrogen) atoms. The monoisotopic (exact) mass is 244 g/mol. The second kappa shape index (κ2) is 7.21. The number of amides is 1. The quantitative estimate of drug-likeness (QED) is 0.419. The molecule has 1 fully saturated rings. The van der Waals surface area contributed by atoms with Gasteiger partial charge in [-0.3, -0.25) is 9.59 Å². The van der Waals surface area contributed by atoms with Crippen LogP contribution >= 0.6 is 0 Å². The van der Waals surface area contributed by atoms with Crippen LogP contribution < -0.4 is 16.7 Å². The number of piperidine rings is 1. The van der Waals surface area contributed by atoms with Crippen LogP contribution in [0, 0.1) is 0 Å². The Balaban J connectivity index is 2.14. The summed E-state index contributed by atoms with van der Waals surface area (Å²) in [6, 6.07) is 0.265. The third kappa shape index (κ3) is 5.62. The molecule has 0 spiro atoms. The van der Waals surface area contributed by atoms with E-state index in [1.807, 2.05) is 5.59 Å². The van der Waals surface area contributed by atoms with Crippen LogP contribution in [0.25, 0.3) is 0 Å². The molecule has 1 heterocycles. The number of hydrazine groups is 1. The van der Waals surface area contributed by atoms with E-state index in [9.17, 15) is 9.59 Å². The Kier molecular flexibility index (Phi) is 5.88. The van der Waals surface area contributed by atoms with Gasteiger partial charge in [-0.2, -0.15) is 0 Å². The molecular formula is C10H20N4O3. The lowest BCUT2D eigenvalue weighted by atomic mass is 10.0. The Morgan fingerprint density at radius 1 is 1.41 bits per heavy atom. The predicted octanol–water partition coefficient (Wildman–Crippen LogP) is -1.10. The molecule has 1 amide bonds. The van der Waals surface area contributed by atoms with Gasteiger partial charge in [0.15, 0.2) is 0 Å². The summed E-state index contributed by atoms with van der Waals surface area (Å²) >= 11 is 0. The van der Waals surface area contributed by atoms with Crippen LogP contribution in [-0.4, -0.2) is 42.5 Å². The normalized spacial score (nSPS) is 17.8. The van der Waals surface area contributed by atoms with Gasteiger partial charge in [-0.15, -0.1) is 0 Å². The number of nitrogens with zero attached hydrogens (tertiary/aromatic N) is 1. The van der Waals surface area contributed by atoms with Crippen molar-refractivity contribution in [1.29, 1.82) is 0 Å². The SMILES string of the molecule is CC(=O)NC1CCN(CCC(=O)ONN)CC1. The molecule has 0 radical (unpaired) electrons. The van der Waals surface area contributed by atoms with Gasteiger partial charge in [-0.25, -0.2) is 5.84 Å². The van der Waals surface area contributed by atoms with Crippen LogP contribution in [0.3, 0.4) is 0 Å². The molecule has 0 aromatic carbocycles. The number of rotatable bonds is 5. The summed E-state index contributed by atoms with van der Waals surface area (Å²) in [5.41, 5.74) is 1.87. The van der Waals surface area contributed by atoms with Crippen LogP contribution in [0.1, 0.15) is 26.2 Å². The summed E-state index contributed by atoms with van der Waals surface area (Å²) in [5.74, 6) is 4.51. The summed E-state index contributed by atoms with van der Waals surface area (Å²) in [7, 11) is 0. The van der Waals surface area contributed by atoms with Crippen LogP contribution in [0.15, 0.2) is 0 Å². The molecular weight excluding hydrogens is 224 g/mol.